The lowest BCUT2D eigenvalue weighted by Crippen LogP contribution is -2.14. The summed E-state index contributed by atoms with van der Waals surface area (Å²) in [5, 5.41) is 12.6. The van der Waals surface area contributed by atoms with Crippen molar-refractivity contribution >= 4 is 17.3 Å². The summed E-state index contributed by atoms with van der Waals surface area (Å²) in [5.74, 6) is -0.646. The smallest absolute Gasteiger partial charge is 0.395 e. The third-order valence-corrected chi connectivity index (χ3v) is 2.21. The molecule has 1 aromatic carbocycles. The predicted molar refractivity (Wildman–Crippen MR) is 52.5 cm³/mol. The highest BCUT2D eigenvalue weighted by atomic mass is 35.5. The normalized spacial score (nSPS) is 10.3. The number of benzene rings is 1. The number of nitrogens with one attached hydrogen (secondary N) is 1. The molecule has 6 nitrogen and oxygen atoms in total. The minimum atomic E-state index is -0.646. The van der Waals surface area contributed by atoms with Gasteiger partial charge in [-0.25, -0.2) is 4.79 Å². The van der Waals surface area contributed by atoms with Crippen LogP contribution in [0.15, 0.2) is 33.8 Å². The zero-order valence-electron chi connectivity index (χ0n) is 7.35. The number of halogens is 1. The summed E-state index contributed by atoms with van der Waals surface area (Å²) in [7, 11) is 0. The number of nitrogens with zero attached hydrogens (tertiary/aromatic N) is 2. The Kier molecular flexibility index (Phi) is 2.44. The van der Waals surface area contributed by atoms with Crippen molar-refractivity contribution in [3.05, 3.63) is 40.2 Å². The van der Waals surface area contributed by atoms with E-state index in [2.05, 4.69) is 9.52 Å². The van der Waals surface area contributed by atoms with Gasteiger partial charge in [-0.1, -0.05) is 17.7 Å². The number of hydrogen-bond acceptors (Lipinski definition) is 5. The second kappa shape index (κ2) is 3.76. The molecule has 1 heterocycles. The molecular formula is C8H6ClN3O3. The van der Waals surface area contributed by atoms with Gasteiger partial charge in [0, 0.05) is 0 Å². The second-order valence-corrected chi connectivity index (χ2v) is 3.04. The first-order valence-electron chi connectivity index (χ1n) is 3.96. The average Bonchev–Trinajstić information content (AvgIpc) is 2.65. The maximum atomic E-state index is 11.2. The van der Waals surface area contributed by atoms with E-state index in [1.807, 2.05) is 5.48 Å². The Labute approximate surface area is 88.7 Å². The molecule has 0 saturated carbocycles. The average molecular weight is 228 g/mol. The molecule has 2 N–H and O–H groups in total. The van der Waals surface area contributed by atoms with Gasteiger partial charge < -0.3 is 4.42 Å². The van der Waals surface area contributed by atoms with Gasteiger partial charge in [0.05, 0.1) is 16.4 Å². The van der Waals surface area contributed by atoms with Gasteiger partial charge in [0.2, 0.25) is 6.39 Å². The third kappa shape index (κ3) is 1.60. The summed E-state index contributed by atoms with van der Waals surface area (Å²) in [5.41, 5.74) is 2.52. The van der Waals surface area contributed by atoms with Crippen LogP contribution >= 0.6 is 11.6 Å². The fourth-order valence-electron chi connectivity index (χ4n) is 1.14. The number of hydrogen-bond donors (Lipinski definition) is 2. The van der Waals surface area contributed by atoms with Gasteiger partial charge in [-0.05, 0) is 12.1 Å². The van der Waals surface area contributed by atoms with E-state index in [1.165, 1.54) is 0 Å². The highest BCUT2D eigenvalue weighted by Crippen LogP contribution is 2.26. The van der Waals surface area contributed by atoms with Crippen LogP contribution in [-0.2, 0) is 0 Å². The molecule has 0 amide bonds. The van der Waals surface area contributed by atoms with Gasteiger partial charge >= 0.3 is 5.76 Å². The van der Waals surface area contributed by atoms with Crippen molar-refractivity contribution in [3.8, 4) is 5.69 Å². The van der Waals surface area contributed by atoms with Crippen LogP contribution in [0.2, 0.25) is 5.02 Å². The number of anilines is 1. The Bertz CT molecular complexity index is 534. The third-order valence-electron chi connectivity index (χ3n) is 1.82. The van der Waals surface area contributed by atoms with E-state index < -0.39 is 5.76 Å². The summed E-state index contributed by atoms with van der Waals surface area (Å²) in [6, 6.07) is 4.74. The molecule has 0 unspecified atom stereocenters. The minimum Gasteiger partial charge on any atom is -0.395 e. The van der Waals surface area contributed by atoms with E-state index in [9.17, 15) is 4.79 Å². The molecule has 2 aromatic rings. The molecule has 0 bridgehead atoms. The summed E-state index contributed by atoms with van der Waals surface area (Å²) in [6.45, 7) is 0. The van der Waals surface area contributed by atoms with E-state index in [1.54, 1.807) is 18.2 Å². The number of rotatable bonds is 2. The molecule has 0 aliphatic rings. The highest BCUT2D eigenvalue weighted by molar-refractivity contribution is 6.35. The van der Waals surface area contributed by atoms with Crippen LogP contribution in [0.25, 0.3) is 5.69 Å². The van der Waals surface area contributed by atoms with Crippen LogP contribution in [0.4, 0.5) is 5.69 Å². The molecule has 0 aliphatic heterocycles. The van der Waals surface area contributed by atoms with Crippen molar-refractivity contribution in [2.45, 2.75) is 0 Å². The van der Waals surface area contributed by atoms with Crippen LogP contribution in [0.5, 0.6) is 0 Å². The van der Waals surface area contributed by atoms with Crippen LogP contribution < -0.4 is 11.2 Å². The number of aromatic nitrogens is 2. The second-order valence-electron chi connectivity index (χ2n) is 2.67. The lowest BCUT2D eigenvalue weighted by Gasteiger charge is -2.05. The Morgan fingerprint density at radius 2 is 2.33 bits per heavy atom. The van der Waals surface area contributed by atoms with Crippen molar-refractivity contribution in [2.24, 2.45) is 0 Å². The Hall–Kier alpha value is -1.79. The summed E-state index contributed by atoms with van der Waals surface area (Å²) in [6.07, 6.45) is 1.01. The maximum Gasteiger partial charge on any atom is 0.441 e. The SMILES string of the molecule is O=c1ocnn1-c1cccc(NO)c1Cl. The Balaban J connectivity index is 2.64. The van der Waals surface area contributed by atoms with Crippen molar-refractivity contribution < 1.29 is 9.62 Å². The fourth-order valence-corrected chi connectivity index (χ4v) is 1.39. The highest BCUT2D eigenvalue weighted by Gasteiger charge is 2.10. The summed E-state index contributed by atoms with van der Waals surface area (Å²) in [4.78, 5) is 11.2. The van der Waals surface area contributed by atoms with Gasteiger partial charge in [0.1, 0.15) is 0 Å². The molecule has 78 valence electrons. The summed E-state index contributed by atoms with van der Waals surface area (Å²) < 4.78 is 5.49. The topological polar surface area (TPSA) is 80.3 Å². The largest absolute Gasteiger partial charge is 0.441 e. The molecule has 0 spiro atoms. The van der Waals surface area contributed by atoms with Crippen LogP contribution in [0.1, 0.15) is 0 Å². The molecule has 0 atom stereocenters. The van der Waals surface area contributed by atoms with Crippen molar-refractivity contribution in [3.63, 3.8) is 0 Å². The van der Waals surface area contributed by atoms with E-state index in [0.29, 0.717) is 5.69 Å². The van der Waals surface area contributed by atoms with Crippen LogP contribution in [-0.4, -0.2) is 15.0 Å². The monoisotopic (exact) mass is 227 g/mol. The van der Waals surface area contributed by atoms with Crippen molar-refractivity contribution in [1.29, 1.82) is 0 Å². The van der Waals surface area contributed by atoms with Gasteiger partial charge in [-0.2, -0.15) is 4.68 Å². The predicted octanol–water partition coefficient (Wildman–Crippen LogP) is 1.28. The first kappa shape index (κ1) is 9.75. The molecule has 0 saturated heterocycles. The molecule has 1 aromatic heterocycles. The molecule has 0 radical (unpaired) electrons. The van der Waals surface area contributed by atoms with Crippen LogP contribution in [0, 0.1) is 0 Å². The van der Waals surface area contributed by atoms with Gasteiger partial charge in [0.25, 0.3) is 0 Å². The lowest BCUT2D eigenvalue weighted by atomic mass is 10.3. The van der Waals surface area contributed by atoms with E-state index in [-0.39, 0.29) is 10.7 Å². The van der Waals surface area contributed by atoms with Gasteiger partial charge in [-0.15, -0.1) is 5.10 Å². The van der Waals surface area contributed by atoms with E-state index in [0.717, 1.165) is 11.1 Å². The van der Waals surface area contributed by atoms with Crippen molar-refractivity contribution in [1.82, 2.24) is 9.78 Å². The van der Waals surface area contributed by atoms with Crippen molar-refractivity contribution in [2.75, 3.05) is 5.48 Å². The zero-order valence-corrected chi connectivity index (χ0v) is 8.10. The molecule has 7 heteroatoms. The molecule has 0 fully saturated rings. The molecular weight excluding hydrogens is 222 g/mol. The quantitative estimate of drug-likeness (QED) is 0.756. The van der Waals surface area contributed by atoms with E-state index in [4.69, 9.17) is 16.8 Å². The maximum absolute atomic E-state index is 11.2. The summed E-state index contributed by atoms with van der Waals surface area (Å²) >= 11 is 5.91. The minimum absolute atomic E-state index is 0.177. The standard InChI is InChI=1S/C8H6ClN3O3/c9-7-5(11-14)2-1-3-6(7)12-8(13)15-4-10-12/h1-4,11,14H. The first-order valence-corrected chi connectivity index (χ1v) is 4.33. The Morgan fingerprint density at radius 1 is 1.53 bits per heavy atom. The first-order chi connectivity index (χ1) is 7.24. The van der Waals surface area contributed by atoms with Gasteiger partial charge in [0.15, 0.2) is 0 Å². The van der Waals surface area contributed by atoms with E-state index >= 15 is 0 Å². The Morgan fingerprint density at radius 3 is 2.93 bits per heavy atom. The molecule has 15 heavy (non-hydrogen) atoms. The molecule has 2 rings (SSSR count). The zero-order chi connectivity index (χ0) is 10.8. The van der Waals surface area contributed by atoms with Crippen LogP contribution in [0.3, 0.4) is 0 Å². The lowest BCUT2D eigenvalue weighted by molar-refractivity contribution is 0.389. The van der Waals surface area contributed by atoms with Gasteiger partial charge in [-0.3, -0.25) is 10.7 Å². The fraction of sp³-hybridized carbons (Fsp3) is 0. The molecule has 0 aliphatic carbocycles.